The minimum absolute atomic E-state index is 0.997. The lowest BCUT2D eigenvalue weighted by atomic mass is 10.2. The average molecular weight is 184 g/mol. The molecule has 0 amide bonds. The van der Waals surface area contributed by atoms with Crippen LogP contribution >= 0.6 is 0 Å². The van der Waals surface area contributed by atoms with Gasteiger partial charge in [0.15, 0.2) is 0 Å². The summed E-state index contributed by atoms with van der Waals surface area (Å²) >= 11 is 0. The van der Waals surface area contributed by atoms with Crippen molar-refractivity contribution in [3.63, 3.8) is 0 Å². The van der Waals surface area contributed by atoms with E-state index in [1.165, 1.54) is 24.8 Å². The molecule has 0 fully saturated rings. The number of hydrogen-bond donors (Lipinski definition) is 2. The Morgan fingerprint density at radius 3 is 2.62 bits per heavy atom. The molecular weight excluding hydrogens is 160 g/mol. The van der Waals surface area contributed by atoms with Crippen molar-refractivity contribution in [3.8, 4) is 0 Å². The molecule has 0 bridgehead atoms. The van der Waals surface area contributed by atoms with E-state index in [0.29, 0.717) is 0 Å². The van der Waals surface area contributed by atoms with Crippen molar-refractivity contribution >= 4 is 0 Å². The third-order valence-corrected chi connectivity index (χ3v) is 1.93. The molecule has 0 aliphatic carbocycles. The Labute approximate surface area is 82.8 Å². The molecule has 2 N–H and O–H groups in total. The molecule has 0 unspecified atom stereocenters. The second-order valence-corrected chi connectivity index (χ2v) is 3.43. The topological polar surface area (TPSA) is 24.1 Å². The van der Waals surface area contributed by atoms with Crippen LogP contribution in [-0.4, -0.2) is 19.6 Å². The Morgan fingerprint density at radius 1 is 1.23 bits per heavy atom. The SMILES string of the molecule is CCCCCN/C=C(/C)CNCC. The fraction of sp³-hybridized carbons (Fsp3) is 0.818. The highest BCUT2D eigenvalue weighted by atomic mass is 14.9. The summed E-state index contributed by atoms with van der Waals surface area (Å²) in [6, 6.07) is 0. The molecule has 0 aromatic heterocycles. The van der Waals surface area contributed by atoms with Crippen molar-refractivity contribution < 1.29 is 0 Å². The summed E-state index contributed by atoms with van der Waals surface area (Å²) in [5.74, 6) is 0. The lowest BCUT2D eigenvalue weighted by molar-refractivity contribution is 0.678. The van der Waals surface area contributed by atoms with Crippen LogP contribution in [0.4, 0.5) is 0 Å². The van der Waals surface area contributed by atoms with Gasteiger partial charge in [-0.2, -0.15) is 0 Å². The first-order chi connectivity index (χ1) is 6.31. The number of likely N-dealkylation sites (N-methyl/N-ethyl adjacent to an activating group) is 1. The normalized spacial score (nSPS) is 11.8. The van der Waals surface area contributed by atoms with Gasteiger partial charge in [0.1, 0.15) is 0 Å². The van der Waals surface area contributed by atoms with Gasteiger partial charge in [-0.15, -0.1) is 0 Å². The third-order valence-electron chi connectivity index (χ3n) is 1.93. The van der Waals surface area contributed by atoms with Crippen LogP contribution in [0.5, 0.6) is 0 Å². The van der Waals surface area contributed by atoms with Gasteiger partial charge >= 0.3 is 0 Å². The van der Waals surface area contributed by atoms with Gasteiger partial charge in [-0.1, -0.05) is 26.7 Å². The molecule has 0 aromatic rings. The van der Waals surface area contributed by atoms with Crippen LogP contribution in [0.2, 0.25) is 0 Å². The second-order valence-electron chi connectivity index (χ2n) is 3.43. The smallest absolute Gasteiger partial charge is 0.0179 e. The predicted octanol–water partition coefficient (Wildman–Crippen LogP) is 2.28. The van der Waals surface area contributed by atoms with Crippen LogP contribution in [0.15, 0.2) is 11.8 Å². The quantitative estimate of drug-likeness (QED) is 0.566. The molecule has 0 radical (unpaired) electrons. The highest BCUT2D eigenvalue weighted by Crippen LogP contribution is 1.92. The highest BCUT2D eigenvalue weighted by Gasteiger charge is 1.87. The zero-order chi connectivity index (χ0) is 9.94. The summed E-state index contributed by atoms with van der Waals surface area (Å²) in [5, 5.41) is 6.62. The predicted molar refractivity (Wildman–Crippen MR) is 59.8 cm³/mol. The molecule has 0 rings (SSSR count). The first-order valence-corrected chi connectivity index (χ1v) is 5.41. The van der Waals surface area contributed by atoms with Crippen molar-refractivity contribution in [1.82, 2.24) is 10.6 Å². The van der Waals surface area contributed by atoms with Crippen LogP contribution in [0, 0.1) is 0 Å². The molecule has 0 aliphatic rings. The molecule has 2 heteroatoms. The molecule has 0 aliphatic heterocycles. The van der Waals surface area contributed by atoms with E-state index in [1.54, 1.807) is 0 Å². The fourth-order valence-electron chi connectivity index (χ4n) is 1.10. The molecule has 2 nitrogen and oxygen atoms in total. The summed E-state index contributed by atoms with van der Waals surface area (Å²) in [6.45, 7) is 9.65. The Morgan fingerprint density at radius 2 is 2.00 bits per heavy atom. The van der Waals surface area contributed by atoms with Gasteiger partial charge < -0.3 is 10.6 Å². The standard InChI is InChI=1S/C11H24N2/c1-4-6-7-8-13-10-11(3)9-12-5-2/h10,12-13H,4-9H2,1-3H3/b11-10-. The number of nitrogens with one attached hydrogen (secondary N) is 2. The van der Waals surface area contributed by atoms with Crippen molar-refractivity contribution in [2.45, 2.75) is 40.0 Å². The van der Waals surface area contributed by atoms with E-state index >= 15 is 0 Å². The van der Waals surface area contributed by atoms with E-state index in [0.717, 1.165) is 19.6 Å². The number of rotatable bonds is 8. The fourth-order valence-corrected chi connectivity index (χ4v) is 1.10. The zero-order valence-corrected chi connectivity index (χ0v) is 9.32. The van der Waals surface area contributed by atoms with Crippen LogP contribution in [0.3, 0.4) is 0 Å². The van der Waals surface area contributed by atoms with Crippen molar-refractivity contribution in [2.75, 3.05) is 19.6 Å². The largest absolute Gasteiger partial charge is 0.391 e. The van der Waals surface area contributed by atoms with E-state index in [4.69, 9.17) is 0 Å². The van der Waals surface area contributed by atoms with Crippen LogP contribution in [0.25, 0.3) is 0 Å². The van der Waals surface area contributed by atoms with Crippen molar-refractivity contribution in [2.24, 2.45) is 0 Å². The van der Waals surface area contributed by atoms with Crippen molar-refractivity contribution in [3.05, 3.63) is 11.8 Å². The van der Waals surface area contributed by atoms with E-state index in [-0.39, 0.29) is 0 Å². The van der Waals surface area contributed by atoms with Crippen LogP contribution in [-0.2, 0) is 0 Å². The van der Waals surface area contributed by atoms with Gasteiger partial charge in [0.2, 0.25) is 0 Å². The minimum Gasteiger partial charge on any atom is -0.391 e. The molecule has 0 spiro atoms. The molecule has 0 heterocycles. The highest BCUT2D eigenvalue weighted by molar-refractivity contribution is 4.98. The van der Waals surface area contributed by atoms with E-state index in [2.05, 4.69) is 37.6 Å². The van der Waals surface area contributed by atoms with E-state index < -0.39 is 0 Å². The number of unbranched alkanes of at least 4 members (excludes halogenated alkanes) is 2. The van der Waals surface area contributed by atoms with Crippen molar-refractivity contribution in [1.29, 1.82) is 0 Å². The molecule has 0 saturated heterocycles. The summed E-state index contributed by atoms with van der Waals surface area (Å²) in [6.07, 6.45) is 6.02. The zero-order valence-electron chi connectivity index (χ0n) is 9.32. The second kappa shape index (κ2) is 9.59. The average Bonchev–Trinajstić information content (AvgIpc) is 2.14. The number of hydrogen-bond acceptors (Lipinski definition) is 2. The Bertz CT molecular complexity index is 130. The molecular formula is C11H24N2. The summed E-state index contributed by atoms with van der Waals surface area (Å²) in [4.78, 5) is 0. The van der Waals surface area contributed by atoms with Gasteiger partial charge in [-0.3, -0.25) is 0 Å². The molecule has 0 saturated carbocycles. The van der Waals surface area contributed by atoms with Crippen LogP contribution in [0.1, 0.15) is 40.0 Å². The molecule has 0 atom stereocenters. The lowest BCUT2D eigenvalue weighted by Crippen LogP contribution is -2.17. The molecule has 0 aromatic carbocycles. The Kier molecular flexibility index (Phi) is 9.22. The first-order valence-electron chi connectivity index (χ1n) is 5.41. The minimum atomic E-state index is 0.997. The summed E-state index contributed by atoms with van der Waals surface area (Å²) in [7, 11) is 0. The van der Waals surface area contributed by atoms with E-state index in [1.807, 2.05) is 0 Å². The van der Waals surface area contributed by atoms with Gasteiger partial charge in [0.05, 0.1) is 0 Å². The molecule has 78 valence electrons. The summed E-state index contributed by atoms with van der Waals surface area (Å²) in [5.41, 5.74) is 1.37. The maximum Gasteiger partial charge on any atom is 0.0179 e. The monoisotopic (exact) mass is 184 g/mol. The van der Waals surface area contributed by atoms with E-state index in [9.17, 15) is 0 Å². The maximum atomic E-state index is 3.33. The van der Waals surface area contributed by atoms with Gasteiger partial charge in [-0.05, 0) is 31.7 Å². The Balaban J connectivity index is 3.25. The van der Waals surface area contributed by atoms with Crippen LogP contribution < -0.4 is 10.6 Å². The third kappa shape index (κ3) is 9.41. The lowest BCUT2D eigenvalue weighted by Gasteiger charge is -2.04. The first kappa shape index (κ1) is 12.5. The summed E-state index contributed by atoms with van der Waals surface area (Å²) < 4.78 is 0. The van der Waals surface area contributed by atoms with Gasteiger partial charge in [0, 0.05) is 13.1 Å². The Hall–Kier alpha value is -0.500. The van der Waals surface area contributed by atoms with Gasteiger partial charge in [0.25, 0.3) is 0 Å². The maximum absolute atomic E-state index is 3.33. The molecule has 13 heavy (non-hydrogen) atoms. The van der Waals surface area contributed by atoms with Gasteiger partial charge in [-0.25, -0.2) is 0 Å².